The lowest BCUT2D eigenvalue weighted by Gasteiger charge is -2.27. The molecule has 0 bridgehead atoms. The molecule has 0 aliphatic carbocycles. The average Bonchev–Trinajstić information content (AvgIpc) is 3.42. The highest BCUT2D eigenvalue weighted by Gasteiger charge is 2.47. The maximum atomic E-state index is 13.4. The Morgan fingerprint density at radius 1 is 1.15 bits per heavy atom. The monoisotopic (exact) mass is 453 g/mol. The molecule has 0 radical (unpaired) electrons. The number of unbranched alkanes of at least 4 members (excludes halogenated alkanes) is 1. The Labute approximate surface area is 192 Å². The number of hydrogen-bond donors (Lipinski definition) is 1. The lowest BCUT2D eigenvalue weighted by atomic mass is 9.95. The van der Waals surface area contributed by atoms with Gasteiger partial charge in [0.2, 0.25) is 0 Å². The lowest BCUT2D eigenvalue weighted by Crippen LogP contribution is -2.36. The van der Waals surface area contributed by atoms with E-state index >= 15 is 0 Å². The van der Waals surface area contributed by atoms with Crippen molar-refractivity contribution in [3.05, 3.63) is 71.0 Å². The van der Waals surface area contributed by atoms with Crippen molar-refractivity contribution in [2.75, 3.05) is 19.8 Å². The highest BCUT2D eigenvalue weighted by atomic mass is 19.1. The van der Waals surface area contributed by atoms with Crippen LogP contribution in [0.25, 0.3) is 5.76 Å². The first-order chi connectivity index (χ1) is 16.0. The second-order valence-electron chi connectivity index (χ2n) is 8.36. The number of ether oxygens (including phenoxy) is 2. The molecule has 0 aromatic heterocycles. The van der Waals surface area contributed by atoms with Gasteiger partial charge in [0.05, 0.1) is 24.3 Å². The normalized spacial score (nSPS) is 22.2. The number of likely N-dealkylation sites (tertiary alicyclic amines) is 1. The molecule has 0 unspecified atom stereocenters. The van der Waals surface area contributed by atoms with Crippen molar-refractivity contribution in [2.24, 2.45) is 0 Å². The third-order valence-electron chi connectivity index (χ3n) is 6.04. The molecule has 2 atom stereocenters. The summed E-state index contributed by atoms with van der Waals surface area (Å²) in [6, 6.07) is 11.6. The van der Waals surface area contributed by atoms with Crippen LogP contribution in [0, 0.1) is 5.82 Å². The van der Waals surface area contributed by atoms with E-state index in [1.807, 2.05) is 0 Å². The zero-order valence-electron chi connectivity index (χ0n) is 18.6. The maximum Gasteiger partial charge on any atom is 0.295 e. The fourth-order valence-electron chi connectivity index (χ4n) is 4.27. The molecule has 0 spiro atoms. The van der Waals surface area contributed by atoms with E-state index in [2.05, 4.69) is 6.92 Å². The average molecular weight is 454 g/mol. The van der Waals surface area contributed by atoms with Gasteiger partial charge in [-0.1, -0.05) is 25.5 Å². The number of hydrogen-bond acceptors (Lipinski definition) is 5. The van der Waals surface area contributed by atoms with Gasteiger partial charge in [-0.25, -0.2) is 4.39 Å². The van der Waals surface area contributed by atoms with Crippen molar-refractivity contribution in [1.82, 2.24) is 4.90 Å². The third kappa shape index (κ3) is 4.93. The number of carbonyl (C=O) groups excluding carboxylic acids is 2. The summed E-state index contributed by atoms with van der Waals surface area (Å²) in [6.07, 6.45) is 3.52. The molecule has 1 amide bonds. The van der Waals surface area contributed by atoms with Crippen LogP contribution < -0.4 is 4.74 Å². The molecule has 4 rings (SSSR count). The van der Waals surface area contributed by atoms with Crippen LogP contribution in [0.1, 0.15) is 49.8 Å². The van der Waals surface area contributed by atoms with Gasteiger partial charge >= 0.3 is 0 Å². The van der Waals surface area contributed by atoms with Gasteiger partial charge in [0.25, 0.3) is 11.7 Å². The van der Waals surface area contributed by atoms with Crippen molar-refractivity contribution in [3.8, 4) is 5.75 Å². The number of amides is 1. The van der Waals surface area contributed by atoms with Crippen molar-refractivity contribution >= 4 is 17.4 Å². The summed E-state index contributed by atoms with van der Waals surface area (Å²) in [5.41, 5.74) is 0.944. The number of nitrogens with zero attached hydrogens (tertiary/aromatic N) is 1. The number of ketones is 1. The topological polar surface area (TPSA) is 76.1 Å². The molecule has 2 fully saturated rings. The van der Waals surface area contributed by atoms with E-state index in [0.717, 1.165) is 25.7 Å². The molecular formula is C26H28FNO5. The van der Waals surface area contributed by atoms with Gasteiger partial charge in [-0.15, -0.1) is 0 Å². The predicted octanol–water partition coefficient (Wildman–Crippen LogP) is 4.61. The maximum absolute atomic E-state index is 13.4. The van der Waals surface area contributed by atoms with Gasteiger partial charge < -0.3 is 19.5 Å². The van der Waals surface area contributed by atoms with E-state index in [-0.39, 0.29) is 29.5 Å². The molecule has 2 aliphatic heterocycles. The summed E-state index contributed by atoms with van der Waals surface area (Å²) in [7, 11) is 0. The summed E-state index contributed by atoms with van der Waals surface area (Å²) in [5, 5.41) is 11.0. The van der Waals surface area contributed by atoms with Crippen LogP contribution >= 0.6 is 0 Å². The van der Waals surface area contributed by atoms with E-state index in [9.17, 15) is 19.1 Å². The highest BCUT2D eigenvalue weighted by Crippen LogP contribution is 2.40. The molecule has 2 heterocycles. The minimum Gasteiger partial charge on any atom is -0.507 e. The molecular weight excluding hydrogens is 425 g/mol. The number of benzene rings is 2. The summed E-state index contributed by atoms with van der Waals surface area (Å²) in [5.74, 6) is -1.52. The fourth-order valence-corrected chi connectivity index (χ4v) is 4.27. The molecule has 0 saturated carbocycles. The first kappa shape index (κ1) is 23.0. The molecule has 2 aromatic rings. The molecule has 2 aromatic carbocycles. The van der Waals surface area contributed by atoms with Crippen LogP contribution in [0.15, 0.2) is 54.1 Å². The molecule has 2 saturated heterocycles. The highest BCUT2D eigenvalue weighted by molar-refractivity contribution is 6.46. The second-order valence-corrected chi connectivity index (χ2v) is 8.36. The summed E-state index contributed by atoms with van der Waals surface area (Å²) in [6.45, 7) is 3.57. The Hall–Kier alpha value is -3.19. The van der Waals surface area contributed by atoms with Crippen LogP contribution in [0.5, 0.6) is 5.75 Å². The number of rotatable bonds is 8. The third-order valence-corrected chi connectivity index (χ3v) is 6.04. The Bertz CT molecular complexity index is 1030. The van der Waals surface area contributed by atoms with Gasteiger partial charge in [-0.2, -0.15) is 0 Å². The Kier molecular flexibility index (Phi) is 7.08. The second kappa shape index (κ2) is 10.2. The largest absolute Gasteiger partial charge is 0.507 e. The number of Topliss-reactive ketones (excluding diaryl/α,β-unsaturated/α-hetero) is 1. The SMILES string of the molecule is CCCCOc1ccc([C@H]2C(=C(O)c3ccc(F)cc3)C(=O)C(=O)N2C[C@H]2CCCO2)cc1. The zero-order valence-corrected chi connectivity index (χ0v) is 18.6. The van der Waals surface area contributed by atoms with E-state index in [1.54, 1.807) is 24.3 Å². The predicted molar refractivity (Wildman–Crippen MR) is 121 cm³/mol. The van der Waals surface area contributed by atoms with Crippen LogP contribution in [-0.2, 0) is 14.3 Å². The quantitative estimate of drug-likeness (QED) is 0.274. The minimum absolute atomic E-state index is 0.00995. The first-order valence-electron chi connectivity index (χ1n) is 11.4. The Balaban J connectivity index is 1.72. The van der Waals surface area contributed by atoms with Gasteiger partial charge in [0, 0.05) is 18.7 Å². The fraction of sp³-hybridized carbons (Fsp3) is 0.385. The minimum atomic E-state index is -0.774. The lowest BCUT2D eigenvalue weighted by molar-refractivity contribution is -0.140. The van der Waals surface area contributed by atoms with Crippen molar-refractivity contribution in [1.29, 1.82) is 0 Å². The molecule has 6 nitrogen and oxygen atoms in total. The van der Waals surface area contributed by atoms with Crippen molar-refractivity contribution < 1.29 is 28.6 Å². The molecule has 1 N–H and O–H groups in total. The van der Waals surface area contributed by atoms with E-state index in [1.165, 1.54) is 29.2 Å². The zero-order chi connectivity index (χ0) is 23.4. The van der Waals surface area contributed by atoms with Crippen molar-refractivity contribution in [2.45, 2.75) is 44.8 Å². The smallest absolute Gasteiger partial charge is 0.295 e. The van der Waals surface area contributed by atoms with Crippen LogP contribution in [-0.4, -0.2) is 47.6 Å². The van der Waals surface area contributed by atoms with Crippen molar-refractivity contribution in [3.63, 3.8) is 0 Å². The van der Waals surface area contributed by atoms with Gasteiger partial charge in [-0.05, 0) is 61.2 Å². The molecule has 7 heteroatoms. The van der Waals surface area contributed by atoms with Crippen LogP contribution in [0.4, 0.5) is 4.39 Å². The number of carbonyl (C=O) groups is 2. The van der Waals surface area contributed by atoms with E-state index < -0.39 is 23.5 Å². The molecule has 33 heavy (non-hydrogen) atoms. The van der Waals surface area contributed by atoms with Gasteiger partial charge in [0.1, 0.15) is 17.3 Å². The molecule has 2 aliphatic rings. The Morgan fingerprint density at radius 3 is 2.52 bits per heavy atom. The number of halogens is 1. The van der Waals surface area contributed by atoms with E-state index in [4.69, 9.17) is 9.47 Å². The van der Waals surface area contributed by atoms with Crippen LogP contribution in [0.3, 0.4) is 0 Å². The first-order valence-corrected chi connectivity index (χ1v) is 11.4. The van der Waals surface area contributed by atoms with Crippen LogP contribution in [0.2, 0.25) is 0 Å². The number of aliphatic hydroxyl groups is 1. The van der Waals surface area contributed by atoms with E-state index in [0.29, 0.717) is 24.5 Å². The number of aliphatic hydroxyl groups excluding tert-OH is 1. The molecule has 174 valence electrons. The van der Waals surface area contributed by atoms with Gasteiger partial charge in [0.15, 0.2) is 0 Å². The Morgan fingerprint density at radius 2 is 1.88 bits per heavy atom. The summed E-state index contributed by atoms with van der Waals surface area (Å²) in [4.78, 5) is 27.5. The standard InChI is InChI=1S/C26H28FNO5/c1-2-3-14-32-20-12-8-17(9-13-20)23-22(24(29)18-6-10-19(27)11-7-18)25(30)26(31)28(23)16-21-5-4-15-33-21/h6-13,21,23,29H,2-5,14-16H2,1H3/t21-,23+/m1/s1. The summed E-state index contributed by atoms with van der Waals surface area (Å²) >= 11 is 0. The van der Waals surface area contributed by atoms with Gasteiger partial charge in [-0.3, -0.25) is 9.59 Å². The summed E-state index contributed by atoms with van der Waals surface area (Å²) < 4.78 is 24.8.